The zero-order chi connectivity index (χ0) is 15.5. The fourth-order valence-corrected chi connectivity index (χ4v) is 3.93. The van der Waals surface area contributed by atoms with E-state index in [0.29, 0.717) is 5.56 Å². The molecular formula is C15H21F3N2S. The molecule has 21 heavy (non-hydrogen) atoms. The zero-order valence-electron chi connectivity index (χ0n) is 12.3. The Labute approximate surface area is 128 Å². The average molecular weight is 318 g/mol. The Morgan fingerprint density at radius 1 is 1.43 bits per heavy atom. The van der Waals surface area contributed by atoms with E-state index in [1.807, 2.05) is 25.7 Å². The van der Waals surface area contributed by atoms with E-state index in [9.17, 15) is 13.2 Å². The van der Waals surface area contributed by atoms with Crippen molar-refractivity contribution in [1.82, 2.24) is 10.2 Å². The summed E-state index contributed by atoms with van der Waals surface area (Å²) in [5.74, 6) is 2.01. The van der Waals surface area contributed by atoms with Crippen LogP contribution in [0.5, 0.6) is 0 Å². The molecule has 0 saturated carbocycles. The van der Waals surface area contributed by atoms with E-state index in [1.54, 1.807) is 6.07 Å². The summed E-state index contributed by atoms with van der Waals surface area (Å²) >= 11 is 1.86. The van der Waals surface area contributed by atoms with E-state index >= 15 is 0 Å². The van der Waals surface area contributed by atoms with Crippen LogP contribution in [0, 0.1) is 0 Å². The highest BCUT2D eigenvalue weighted by Gasteiger charge is 2.33. The van der Waals surface area contributed by atoms with Gasteiger partial charge in [-0.05, 0) is 31.3 Å². The molecule has 6 heteroatoms. The lowest BCUT2D eigenvalue weighted by Crippen LogP contribution is -2.47. The van der Waals surface area contributed by atoms with E-state index < -0.39 is 11.7 Å². The van der Waals surface area contributed by atoms with Crippen molar-refractivity contribution in [2.24, 2.45) is 0 Å². The summed E-state index contributed by atoms with van der Waals surface area (Å²) in [6, 6.07) is 5.84. The van der Waals surface area contributed by atoms with Crippen LogP contribution in [0.1, 0.15) is 24.1 Å². The first-order chi connectivity index (χ1) is 9.93. The Morgan fingerprint density at radius 2 is 2.19 bits per heavy atom. The van der Waals surface area contributed by atoms with Gasteiger partial charge in [0.2, 0.25) is 0 Å². The molecule has 0 aromatic heterocycles. The lowest BCUT2D eigenvalue weighted by molar-refractivity contribution is -0.137. The highest BCUT2D eigenvalue weighted by Crippen LogP contribution is 2.33. The summed E-state index contributed by atoms with van der Waals surface area (Å²) < 4.78 is 38.7. The largest absolute Gasteiger partial charge is 0.416 e. The molecule has 1 saturated heterocycles. The molecule has 2 rings (SSSR count). The molecule has 2 atom stereocenters. The van der Waals surface area contributed by atoms with Gasteiger partial charge in [0.15, 0.2) is 0 Å². The van der Waals surface area contributed by atoms with Gasteiger partial charge in [-0.1, -0.05) is 19.1 Å². The number of nitrogens with one attached hydrogen (secondary N) is 1. The van der Waals surface area contributed by atoms with Gasteiger partial charge in [-0.15, -0.1) is 0 Å². The van der Waals surface area contributed by atoms with Gasteiger partial charge in [-0.25, -0.2) is 0 Å². The van der Waals surface area contributed by atoms with Crippen LogP contribution >= 0.6 is 11.8 Å². The monoisotopic (exact) mass is 318 g/mol. The van der Waals surface area contributed by atoms with Crippen molar-refractivity contribution in [2.45, 2.75) is 25.2 Å². The van der Waals surface area contributed by atoms with Crippen LogP contribution in [0.3, 0.4) is 0 Å². The minimum absolute atomic E-state index is 0.0740. The predicted molar refractivity (Wildman–Crippen MR) is 81.6 cm³/mol. The Balaban J connectivity index is 2.29. The first-order valence-corrected chi connectivity index (χ1v) is 8.27. The van der Waals surface area contributed by atoms with E-state index in [1.165, 1.54) is 12.1 Å². The Kier molecular flexibility index (Phi) is 5.57. The van der Waals surface area contributed by atoms with Crippen LogP contribution in [0.25, 0.3) is 0 Å². The second-order valence-electron chi connectivity index (χ2n) is 5.28. The van der Waals surface area contributed by atoms with Crippen molar-refractivity contribution in [1.29, 1.82) is 0 Å². The van der Waals surface area contributed by atoms with Crippen molar-refractivity contribution in [3.63, 3.8) is 0 Å². The average Bonchev–Trinajstić information content (AvgIpc) is 2.45. The second kappa shape index (κ2) is 7.03. The normalized spacial score (nSPS) is 22.2. The number of halogens is 3. The maximum absolute atomic E-state index is 12.9. The molecule has 2 unspecified atom stereocenters. The molecule has 2 nitrogen and oxygen atoms in total. The number of rotatable bonds is 4. The lowest BCUT2D eigenvalue weighted by Gasteiger charge is -2.38. The highest BCUT2D eigenvalue weighted by molar-refractivity contribution is 7.99. The molecule has 1 aromatic rings. The van der Waals surface area contributed by atoms with Crippen LogP contribution in [-0.2, 0) is 6.18 Å². The molecule has 0 bridgehead atoms. The van der Waals surface area contributed by atoms with Gasteiger partial charge in [0.25, 0.3) is 0 Å². The predicted octanol–water partition coefficient (Wildman–Crippen LogP) is 3.40. The summed E-state index contributed by atoms with van der Waals surface area (Å²) in [5, 5.41) is 3.36. The maximum Gasteiger partial charge on any atom is 0.416 e. The van der Waals surface area contributed by atoms with Gasteiger partial charge in [0, 0.05) is 30.1 Å². The third kappa shape index (κ3) is 4.14. The number of likely N-dealkylation sites (N-methyl/N-ethyl adjacent to an activating group) is 2. The number of hydrogen-bond donors (Lipinski definition) is 1. The number of benzene rings is 1. The van der Waals surface area contributed by atoms with Crippen LogP contribution in [0.2, 0.25) is 0 Å². The minimum atomic E-state index is -4.29. The smallest absolute Gasteiger partial charge is 0.309 e. The highest BCUT2D eigenvalue weighted by atomic mass is 32.2. The molecule has 1 heterocycles. The fraction of sp³-hybridized carbons (Fsp3) is 0.600. The lowest BCUT2D eigenvalue weighted by atomic mass is 9.97. The van der Waals surface area contributed by atoms with Gasteiger partial charge < -0.3 is 5.32 Å². The van der Waals surface area contributed by atoms with Crippen molar-refractivity contribution in [2.75, 3.05) is 31.6 Å². The van der Waals surface area contributed by atoms with Gasteiger partial charge in [-0.3, -0.25) is 4.90 Å². The SMILES string of the molecule is CCNC(c1cccc(C(F)(F)F)c1)C1CSCCN1C. The van der Waals surface area contributed by atoms with Crippen molar-refractivity contribution in [3.8, 4) is 0 Å². The molecule has 1 fully saturated rings. The Bertz CT molecular complexity index is 464. The van der Waals surface area contributed by atoms with E-state index in [4.69, 9.17) is 0 Å². The third-order valence-electron chi connectivity index (χ3n) is 3.82. The molecule has 1 aromatic carbocycles. The molecule has 0 aliphatic carbocycles. The third-order valence-corrected chi connectivity index (χ3v) is 4.87. The van der Waals surface area contributed by atoms with Gasteiger partial charge in [-0.2, -0.15) is 24.9 Å². The first-order valence-electron chi connectivity index (χ1n) is 7.12. The van der Waals surface area contributed by atoms with Crippen LogP contribution < -0.4 is 5.32 Å². The minimum Gasteiger partial charge on any atom is -0.309 e. The summed E-state index contributed by atoms with van der Waals surface area (Å²) in [4.78, 5) is 2.24. The van der Waals surface area contributed by atoms with E-state index in [0.717, 1.165) is 30.7 Å². The number of hydrogen-bond acceptors (Lipinski definition) is 3. The number of nitrogens with zero attached hydrogens (tertiary/aromatic N) is 1. The maximum atomic E-state index is 12.9. The van der Waals surface area contributed by atoms with Crippen LogP contribution in [-0.4, -0.2) is 42.6 Å². The molecule has 0 spiro atoms. The molecule has 0 amide bonds. The molecule has 1 aliphatic heterocycles. The number of thioether (sulfide) groups is 1. The summed E-state index contributed by atoms with van der Waals surface area (Å²) in [5.41, 5.74) is 0.139. The Hall–Kier alpha value is -0.720. The molecule has 0 radical (unpaired) electrons. The standard InChI is InChI=1S/C15H21F3N2S/c1-3-19-14(13-10-21-8-7-20(13)2)11-5-4-6-12(9-11)15(16,17)18/h4-6,9,13-14,19H,3,7-8,10H2,1-2H3. The summed E-state index contributed by atoms with van der Waals surface area (Å²) in [7, 11) is 2.04. The molecule has 1 N–H and O–H groups in total. The summed E-state index contributed by atoms with van der Waals surface area (Å²) in [6.07, 6.45) is -4.29. The Morgan fingerprint density at radius 3 is 2.81 bits per heavy atom. The molecule has 1 aliphatic rings. The van der Waals surface area contributed by atoms with Crippen LogP contribution in [0.4, 0.5) is 13.2 Å². The number of alkyl halides is 3. The van der Waals surface area contributed by atoms with Crippen molar-refractivity contribution in [3.05, 3.63) is 35.4 Å². The van der Waals surface area contributed by atoms with Gasteiger partial charge >= 0.3 is 6.18 Å². The van der Waals surface area contributed by atoms with E-state index in [2.05, 4.69) is 10.2 Å². The molecule has 118 valence electrons. The quantitative estimate of drug-likeness (QED) is 0.916. The topological polar surface area (TPSA) is 15.3 Å². The zero-order valence-corrected chi connectivity index (χ0v) is 13.1. The first kappa shape index (κ1) is 16.6. The summed E-state index contributed by atoms with van der Waals surface area (Å²) in [6.45, 7) is 3.68. The molecular weight excluding hydrogens is 297 g/mol. The fourth-order valence-electron chi connectivity index (χ4n) is 2.66. The van der Waals surface area contributed by atoms with Gasteiger partial charge in [0.05, 0.1) is 5.56 Å². The second-order valence-corrected chi connectivity index (χ2v) is 6.43. The van der Waals surface area contributed by atoms with Crippen molar-refractivity contribution >= 4 is 11.8 Å². The van der Waals surface area contributed by atoms with Gasteiger partial charge in [0.1, 0.15) is 0 Å². The van der Waals surface area contributed by atoms with Crippen LogP contribution in [0.15, 0.2) is 24.3 Å². The van der Waals surface area contributed by atoms with Crippen molar-refractivity contribution < 1.29 is 13.2 Å². The van der Waals surface area contributed by atoms with E-state index in [-0.39, 0.29) is 12.1 Å².